The van der Waals surface area contributed by atoms with E-state index in [9.17, 15) is 8.42 Å². The maximum atomic E-state index is 13.4. The van der Waals surface area contributed by atoms with Crippen LogP contribution in [0.5, 0.6) is 0 Å². The number of hydrogen-bond donors (Lipinski definition) is 1. The maximum Gasteiger partial charge on any atom is 0.303 e. The summed E-state index contributed by atoms with van der Waals surface area (Å²) < 4.78 is 32.4. The lowest BCUT2D eigenvalue weighted by atomic mass is 9.91. The molecule has 2 saturated carbocycles. The molecule has 0 bridgehead atoms. The van der Waals surface area contributed by atoms with Gasteiger partial charge in [0.2, 0.25) is 0 Å². The summed E-state index contributed by atoms with van der Waals surface area (Å²) in [4.78, 5) is 4.47. The molecule has 0 unspecified atom stereocenters. The zero-order valence-corrected chi connectivity index (χ0v) is 16.7. The summed E-state index contributed by atoms with van der Waals surface area (Å²) in [6.45, 7) is 0. The third-order valence-corrected chi connectivity index (χ3v) is 8.34. The molecule has 2 aliphatic carbocycles. The molecule has 0 aliphatic heterocycles. The molecule has 0 saturated heterocycles. The molecule has 0 amide bonds. The van der Waals surface area contributed by atoms with Crippen molar-refractivity contribution in [2.75, 3.05) is 4.72 Å². The third-order valence-electron chi connectivity index (χ3n) is 5.66. The van der Waals surface area contributed by atoms with Gasteiger partial charge in [0.15, 0.2) is 5.13 Å². The van der Waals surface area contributed by atoms with Gasteiger partial charge in [0, 0.05) is 12.1 Å². The highest BCUT2D eigenvalue weighted by atomic mass is 32.2. The van der Waals surface area contributed by atoms with E-state index in [2.05, 4.69) is 9.71 Å². The molecule has 5 nitrogen and oxygen atoms in total. The quantitative estimate of drug-likeness (QED) is 0.784. The predicted octanol–water partition coefficient (Wildman–Crippen LogP) is 4.92. The highest BCUT2D eigenvalue weighted by Crippen LogP contribution is 2.34. The molecule has 2 fully saturated rings. The van der Waals surface area contributed by atoms with E-state index in [4.69, 9.17) is 0 Å². The van der Waals surface area contributed by atoms with E-state index in [1.807, 2.05) is 28.6 Å². The number of nitrogens with one attached hydrogen (secondary N) is 1. The van der Waals surface area contributed by atoms with E-state index < -0.39 is 10.2 Å². The Morgan fingerprint density at radius 1 is 0.923 bits per heavy atom. The van der Waals surface area contributed by atoms with Crippen LogP contribution in [0.1, 0.15) is 64.2 Å². The molecule has 142 valence electrons. The lowest BCUT2D eigenvalue weighted by Gasteiger charge is -2.40. The fraction of sp³-hybridized carbons (Fsp3) is 0.632. The Kier molecular flexibility index (Phi) is 5.47. The highest BCUT2D eigenvalue weighted by Gasteiger charge is 2.37. The molecule has 1 aromatic heterocycles. The van der Waals surface area contributed by atoms with E-state index in [0.29, 0.717) is 5.13 Å². The Bertz CT molecular complexity index is 786. The van der Waals surface area contributed by atoms with Gasteiger partial charge in [0.05, 0.1) is 10.2 Å². The van der Waals surface area contributed by atoms with E-state index in [1.165, 1.54) is 24.2 Å². The minimum atomic E-state index is -3.59. The molecule has 1 aromatic carbocycles. The Labute approximate surface area is 160 Å². The van der Waals surface area contributed by atoms with Crippen molar-refractivity contribution in [3.63, 3.8) is 0 Å². The summed E-state index contributed by atoms with van der Waals surface area (Å²) in [6.07, 6.45) is 10.9. The molecule has 1 N–H and O–H groups in total. The van der Waals surface area contributed by atoms with Gasteiger partial charge in [-0.1, -0.05) is 62.0 Å². The van der Waals surface area contributed by atoms with Gasteiger partial charge in [-0.3, -0.25) is 0 Å². The van der Waals surface area contributed by atoms with Gasteiger partial charge in [-0.2, -0.15) is 12.7 Å². The topological polar surface area (TPSA) is 62.3 Å². The van der Waals surface area contributed by atoms with Crippen LogP contribution in [0, 0.1) is 0 Å². The molecule has 1 heterocycles. The summed E-state index contributed by atoms with van der Waals surface area (Å²) in [5.74, 6) is 0. The first kappa shape index (κ1) is 18.2. The van der Waals surface area contributed by atoms with Crippen molar-refractivity contribution in [3.05, 3.63) is 24.3 Å². The monoisotopic (exact) mass is 393 g/mol. The molecule has 7 heteroatoms. The third kappa shape index (κ3) is 3.89. The first-order chi connectivity index (χ1) is 12.6. The number of nitrogens with zero attached hydrogens (tertiary/aromatic N) is 2. The average molecular weight is 394 g/mol. The van der Waals surface area contributed by atoms with Gasteiger partial charge in [0.25, 0.3) is 0 Å². The van der Waals surface area contributed by atoms with Gasteiger partial charge in [-0.15, -0.1) is 0 Å². The molecular formula is C19H27N3O2S2. The van der Waals surface area contributed by atoms with Crippen LogP contribution in [0.25, 0.3) is 10.2 Å². The van der Waals surface area contributed by atoms with Crippen LogP contribution in [0.4, 0.5) is 5.13 Å². The fourth-order valence-corrected chi connectivity index (χ4v) is 7.22. The Morgan fingerprint density at radius 2 is 1.50 bits per heavy atom. The highest BCUT2D eigenvalue weighted by molar-refractivity contribution is 7.90. The van der Waals surface area contributed by atoms with Crippen molar-refractivity contribution < 1.29 is 8.42 Å². The number of aromatic nitrogens is 1. The number of hydrogen-bond acceptors (Lipinski definition) is 4. The smallest absolute Gasteiger partial charge is 0.246 e. The van der Waals surface area contributed by atoms with Crippen LogP contribution < -0.4 is 4.72 Å². The van der Waals surface area contributed by atoms with Gasteiger partial charge in [0.1, 0.15) is 0 Å². The summed E-state index contributed by atoms with van der Waals surface area (Å²) in [5, 5.41) is 0.475. The largest absolute Gasteiger partial charge is 0.303 e. The van der Waals surface area contributed by atoms with E-state index >= 15 is 0 Å². The lowest BCUT2D eigenvalue weighted by Crippen LogP contribution is -2.50. The van der Waals surface area contributed by atoms with Gasteiger partial charge >= 0.3 is 10.2 Å². The Morgan fingerprint density at radius 3 is 2.08 bits per heavy atom. The number of fused-ring (bicyclic) bond motifs is 1. The zero-order chi connectivity index (χ0) is 18.0. The average Bonchev–Trinajstić information content (AvgIpc) is 3.05. The molecule has 0 spiro atoms. The van der Waals surface area contributed by atoms with Crippen LogP contribution in [0.2, 0.25) is 0 Å². The number of benzene rings is 1. The second-order valence-corrected chi connectivity index (χ2v) is 10.1. The summed E-state index contributed by atoms with van der Waals surface area (Å²) >= 11 is 1.41. The Balaban J connectivity index is 1.61. The van der Waals surface area contributed by atoms with Crippen LogP contribution in [-0.4, -0.2) is 29.8 Å². The van der Waals surface area contributed by atoms with E-state index in [1.54, 1.807) is 0 Å². The summed E-state index contributed by atoms with van der Waals surface area (Å²) in [6, 6.07) is 8.05. The number of rotatable bonds is 5. The maximum absolute atomic E-state index is 13.4. The van der Waals surface area contributed by atoms with Gasteiger partial charge in [-0.25, -0.2) is 9.71 Å². The molecule has 0 radical (unpaired) electrons. The number of thiazole rings is 1. The first-order valence-electron chi connectivity index (χ1n) is 9.80. The van der Waals surface area contributed by atoms with Crippen LogP contribution in [0.3, 0.4) is 0 Å². The normalized spacial score (nSPS) is 20.7. The first-order valence-corrected chi connectivity index (χ1v) is 12.1. The standard InChI is InChI=1S/C19H27N3O2S2/c23-26(24,21-19-20-17-13-7-8-14-18(17)25-19)22(15-9-3-1-4-10-15)16-11-5-2-6-12-16/h7-8,13-16H,1-6,9-12H2,(H,20,21). The van der Waals surface area contributed by atoms with Crippen molar-refractivity contribution in [2.24, 2.45) is 0 Å². The molecule has 2 aromatic rings. The van der Waals surface area contributed by atoms with Crippen LogP contribution in [-0.2, 0) is 10.2 Å². The summed E-state index contributed by atoms with van der Waals surface area (Å²) in [7, 11) is -3.59. The minimum Gasteiger partial charge on any atom is -0.246 e. The van der Waals surface area contributed by atoms with Crippen molar-refractivity contribution in [1.82, 2.24) is 9.29 Å². The van der Waals surface area contributed by atoms with Crippen LogP contribution in [0.15, 0.2) is 24.3 Å². The van der Waals surface area contributed by atoms with Crippen molar-refractivity contribution in [2.45, 2.75) is 76.3 Å². The minimum absolute atomic E-state index is 0.138. The SMILES string of the molecule is O=S(=O)(Nc1nc2ccccc2s1)N(C1CCCCC1)C1CCCCC1. The molecule has 26 heavy (non-hydrogen) atoms. The molecule has 0 atom stereocenters. The summed E-state index contributed by atoms with van der Waals surface area (Å²) in [5.41, 5.74) is 0.845. The number of anilines is 1. The Hall–Kier alpha value is -1.18. The second-order valence-electron chi connectivity index (χ2n) is 7.51. The predicted molar refractivity (Wildman–Crippen MR) is 108 cm³/mol. The lowest BCUT2D eigenvalue weighted by molar-refractivity contribution is 0.171. The van der Waals surface area contributed by atoms with Gasteiger partial charge < -0.3 is 0 Å². The molecule has 2 aliphatic rings. The van der Waals surface area contributed by atoms with E-state index in [-0.39, 0.29) is 12.1 Å². The second kappa shape index (κ2) is 7.82. The fourth-order valence-electron chi connectivity index (χ4n) is 4.44. The van der Waals surface area contributed by atoms with Crippen molar-refractivity contribution >= 4 is 36.9 Å². The van der Waals surface area contributed by atoms with Gasteiger partial charge in [-0.05, 0) is 37.8 Å². The zero-order valence-electron chi connectivity index (χ0n) is 15.1. The van der Waals surface area contributed by atoms with Crippen molar-refractivity contribution in [1.29, 1.82) is 0 Å². The molecule has 4 rings (SSSR count). The van der Waals surface area contributed by atoms with Crippen molar-refractivity contribution in [3.8, 4) is 0 Å². The molecular weight excluding hydrogens is 366 g/mol. The van der Waals surface area contributed by atoms with Crippen LogP contribution >= 0.6 is 11.3 Å². The van der Waals surface area contributed by atoms with E-state index in [0.717, 1.165) is 61.6 Å². The number of para-hydroxylation sites is 1.